The summed E-state index contributed by atoms with van der Waals surface area (Å²) in [6, 6.07) is 13.5. The van der Waals surface area contributed by atoms with Crippen molar-refractivity contribution >= 4 is 22.8 Å². The molecule has 0 aliphatic carbocycles. The lowest BCUT2D eigenvalue weighted by molar-refractivity contribution is -0.131. The molecule has 0 radical (unpaired) electrons. The van der Waals surface area contributed by atoms with Crippen LogP contribution in [0, 0.1) is 5.82 Å². The van der Waals surface area contributed by atoms with Gasteiger partial charge in [0.15, 0.2) is 0 Å². The van der Waals surface area contributed by atoms with Crippen molar-refractivity contribution in [3.8, 4) is 0 Å². The van der Waals surface area contributed by atoms with Crippen molar-refractivity contribution in [2.24, 2.45) is 0 Å². The molecular weight excluding hydrogens is 431 g/mol. The van der Waals surface area contributed by atoms with Crippen LogP contribution >= 0.6 is 0 Å². The number of benzene rings is 2. The summed E-state index contributed by atoms with van der Waals surface area (Å²) < 4.78 is 15.1. The Morgan fingerprint density at radius 1 is 0.971 bits per heavy atom. The molecule has 34 heavy (non-hydrogen) atoms. The van der Waals surface area contributed by atoms with E-state index in [-0.39, 0.29) is 17.6 Å². The number of fused-ring (bicyclic) bond motifs is 1. The highest BCUT2D eigenvalue weighted by Gasteiger charge is 2.17. The topological polar surface area (TPSA) is 67.2 Å². The average Bonchev–Trinajstić information content (AvgIpc) is 3.18. The van der Waals surface area contributed by atoms with Crippen LogP contribution in [0.3, 0.4) is 0 Å². The molecule has 182 valence electrons. The minimum Gasteiger partial charge on any atom is -0.352 e. The van der Waals surface area contributed by atoms with Gasteiger partial charge < -0.3 is 14.8 Å². The van der Waals surface area contributed by atoms with Gasteiger partial charge in [0.05, 0.1) is 11.0 Å². The van der Waals surface area contributed by atoms with Gasteiger partial charge in [-0.25, -0.2) is 9.37 Å². The monoisotopic (exact) mass is 466 g/mol. The van der Waals surface area contributed by atoms with Gasteiger partial charge in [-0.05, 0) is 62.1 Å². The van der Waals surface area contributed by atoms with Crippen LogP contribution in [0.25, 0.3) is 11.0 Å². The summed E-state index contributed by atoms with van der Waals surface area (Å²) in [6.45, 7) is 6.61. The molecule has 0 bridgehead atoms. The fourth-order valence-corrected chi connectivity index (χ4v) is 4.12. The van der Waals surface area contributed by atoms with Crippen molar-refractivity contribution in [3.63, 3.8) is 0 Å². The first kappa shape index (κ1) is 25.4. The van der Waals surface area contributed by atoms with E-state index in [1.165, 1.54) is 24.3 Å². The number of imidazole rings is 1. The van der Waals surface area contributed by atoms with Crippen LogP contribution in [0.1, 0.15) is 62.1 Å². The predicted molar refractivity (Wildman–Crippen MR) is 133 cm³/mol. The highest BCUT2D eigenvalue weighted by molar-refractivity contribution is 5.94. The number of carbonyl (C=O) groups is 2. The summed E-state index contributed by atoms with van der Waals surface area (Å²) in [5.74, 6) is 0.520. The summed E-state index contributed by atoms with van der Waals surface area (Å²) in [7, 11) is 0. The fourth-order valence-electron chi connectivity index (χ4n) is 4.12. The second kappa shape index (κ2) is 12.9. The van der Waals surface area contributed by atoms with E-state index in [2.05, 4.69) is 23.7 Å². The van der Waals surface area contributed by atoms with Crippen LogP contribution < -0.4 is 5.32 Å². The normalized spacial score (nSPS) is 11.0. The molecule has 7 heteroatoms. The van der Waals surface area contributed by atoms with Crippen LogP contribution in [-0.2, 0) is 17.8 Å². The van der Waals surface area contributed by atoms with E-state index in [9.17, 15) is 14.0 Å². The largest absolute Gasteiger partial charge is 0.352 e. The second-order valence-corrected chi connectivity index (χ2v) is 8.56. The van der Waals surface area contributed by atoms with Gasteiger partial charge in [-0.3, -0.25) is 9.59 Å². The standard InChI is InChI=1S/C27H35FN4O2/c1-3-18-31(19-4-2)26(33)20-32-24-11-8-7-10-23(24)30-25(32)12-6-5-9-17-29-27(34)21-13-15-22(28)16-14-21/h7-8,10-11,13-16H,3-6,9,12,17-20H2,1-2H3,(H,29,34). The summed E-state index contributed by atoms with van der Waals surface area (Å²) in [5, 5.41) is 2.88. The Hall–Kier alpha value is -3.22. The summed E-state index contributed by atoms with van der Waals surface area (Å²) >= 11 is 0. The third kappa shape index (κ3) is 6.89. The van der Waals surface area contributed by atoms with Gasteiger partial charge in [0.1, 0.15) is 18.2 Å². The summed E-state index contributed by atoms with van der Waals surface area (Å²) in [6.07, 6.45) is 5.35. The second-order valence-electron chi connectivity index (χ2n) is 8.56. The maximum absolute atomic E-state index is 13.0. The van der Waals surface area contributed by atoms with E-state index >= 15 is 0 Å². The van der Waals surface area contributed by atoms with Crippen LogP contribution in [0.15, 0.2) is 48.5 Å². The first-order valence-electron chi connectivity index (χ1n) is 12.3. The summed E-state index contributed by atoms with van der Waals surface area (Å²) in [5.41, 5.74) is 2.36. The lowest BCUT2D eigenvalue weighted by atomic mass is 10.1. The number of nitrogens with zero attached hydrogens (tertiary/aromatic N) is 3. The SMILES string of the molecule is CCCN(CCC)C(=O)Cn1c(CCCCCNC(=O)c2ccc(F)cc2)nc2ccccc21. The quantitative estimate of drug-likeness (QED) is 0.362. The van der Waals surface area contributed by atoms with Gasteiger partial charge >= 0.3 is 0 Å². The molecular formula is C27H35FN4O2. The first-order valence-corrected chi connectivity index (χ1v) is 12.3. The predicted octanol–water partition coefficient (Wildman–Crippen LogP) is 4.97. The zero-order valence-corrected chi connectivity index (χ0v) is 20.2. The molecule has 1 aromatic heterocycles. The number of hydrogen-bond acceptors (Lipinski definition) is 3. The van der Waals surface area contributed by atoms with Crippen molar-refractivity contribution in [2.45, 2.75) is 58.9 Å². The molecule has 0 aliphatic rings. The molecule has 2 amide bonds. The van der Waals surface area contributed by atoms with E-state index in [4.69, 9.17) is 4.98 Å². The Labute approximate surface area is 201 Å². The van der Waals surface area contributed by atoms with E-state index in [0.29, 0.717) is 18.7 Å². The number of para-hydroxylation sites is 2. The third-order valence-corrected chi connectivity index (χ3v) is 5.84. The van der Waals surface area contributed by atoms with Gasteiger partial charge in [0.25, 0.3) is 5.91 Å². The van der Waals surface area contributed by atoms with Gasteiger partial charge in [-0.2, -0.15) is 0 Å². The van der Waals surface area contributed by atoms with Crippen LogP contribution in [0.5, 0.6) is 0 Å². The first-order chi connectivity index (χ1) is 16.5. The van der Waals surface area contributed by atoms with Gasteiger partial charge in [0, 0.05) is 31.6 Å². The molecule has 3 aromatic rings. The number of aromatic nitrogens is 2. The van der Waals surface area contributed by atoms with Crippen molar-refractivity contribution in [1.29, 1.82) is 0 Å². The van der Waals surface area contributed by atoms with E-state index < -0.39 is 0 Å². The van der Waals surface area contributed by atoms with Crippen LogP contribution in [0.2, 0.25) is 0 Å². The smallest absolute Gasteiger partial charge is 0.251 e. The fraction of sp³-hybridized carbons (Fsp3) is 0.444. The molecule has 0 atom stereocenters. The lowest BCUT2D eigenvalue weighted by Gasteiger charge is -2.22. The zero-order valence-electron chi connectivity index (χ0n) is 20.2. The molecule has 0 aliphatic heterocycles. The number of amides is 2. The van der Waals surface area contributed by atoms with Crippen molar-refractivity contribution in [3.05, 3.63) is 65.7 Å². The molecule has 1 N–H and O–H groups in total. The van der Waals surface area contributed by atoms with Gasteiger partial charge in [0.2, 0.25) is 5.91 Å². The number of nitrogens with one attached hydrogen (secondary N) is 1. The highest BCUT2D eigenvalue weighted by Crippen LogP contribution is 2.18. The Bertz CT molecular complexity index is 1070. The molecule has 0 saturated heterocycles. The number of aryl methyl sites for hydroxylation is 1. The number of rotatable bonds is 13. The maximum atomic E-state index is 13.0. The van der Waals surface area contributed by atoms with Crippen molar-refractivity contribution in [2.75, 3.05) is 19.6 Å². The number of unbranched alkanes of at least 4 members (excludes halogenated alkanes) is 2. The molecule has 0 spiro atoms. The minimum absolute atomic E-state index is 0.136. The minimum atomic E-state index is -0.354. The molecule has 6 nitrogen and oxygen atoms in total. The van der Waals surface area contributed by atoms with E-state index in [1.807, 2.05) is 29.2 Å². The number of hydrogen-bond donors (Lipinski definition) is 1. The van der Waals surface area contributed by atoms with Gasteiger partial charge in [-0.1, -0.05) is 32.4 Å². The summed E-state index contributed by atoms with van der Waals surface area (Å²) in [4.78, 5) is 31.9. The molecule has 0 unspecified atom stereocenters. The van der Waals surface area contributed by atoms with Crippen molar-refractivity contribution < 1.29 is 14.0 Å². The Balaban J connectivity index is 1.54. The molecule has 3 rings (SSSR count). The Morgan fingerprint density at radius 2 is 1.68 bits per heavy atom. The van der Waals surface area contributed by atoms with Gasteiger partial charge in [-0.15, -0.1) is 0 Å². The van der Waals surface area contributed by atoms with E-state index in [0.717, 1.165) is 68.5 Å². The van der Waals surface area contributed by atoms with Crippen LogP contribution in [-0.4, -0.2) is 45.9 Å². The zero-order chi connectivity index (χ0) is 24.3. The average molecular weight is 467 g/mol. The maximum Gasteiger partial charge on any atom is 0.251 e. The Morgan fingerprint density at radius 3 is 2.38 bits per heavy atom. The molecule has 0 fully saturated rings. The Kier molecular flexibility index (Phi) is 9.62. The van der Waals surface area contributed by atoms with Crippen molar-refractivity contribution in [1.82, 2.24) is 19.8 Å². The highest BCUT2D eigenvalue weighted by atomic mass is 19.1. The third-order valence-electron chi connectivity index (χ3n) is 5.84. The van der Waals surface area contributed by atoms with Crippen LogP contribution in [0.4, 0.5) is 4.39 Å². The van der Waals surface area contributed by atoms with E-state index in [1.54, 1.807) is 0 Å². The molecule has 0 saturated carbocycles. The molecule has 2 aromatic carbocycles. The number of halogens is 1. The molecule has 1 heterocycles. The number of carbonyl (C=O) groups excluding carboxylic acids is 2. The lowest BCUT2D eigenvalue weighted by Crippen LogP contribution is -2.35.